The van der Waals surface area contributed by atoms with E-state index in [0.717, 1.165) is 11.1 Å². The SMILES string of the molecule is COc1ccc([C@@H]2CN(C(=O)O)C[C@@]2(C)[C@@H](C)O)cc1OCc1ccccc1. The first-order chi connectivity index (χ1) is 13.3. The van der Waals surface area contributed by atoms with Gasteiger partial charge in [-0.25, -0.2) is 4.79 Å². The topological polar surface area (TPSA) is 79.2 Å². The monoisotopic (exact) mass is 385 g/mol. The molecule has 1 aliphatic heterocycles. The van der Waals surface area contributed by atoms with Crippen LogP contribution in [-0.2, 0) is 6.61 Å². The van der Waals surface area contributed by atoms with Crippen molar-refractivity contribution in [2.45, 2.75) is 32.5 Å². The van der Waals surface area contributed by atoms with Gasteiger partial charge in [-0.2, -0.15) is 0 Å². The molecule has 0 saturated carbocycles. The number of methoxy groups -OCH3 is 1. The minimum Gasteiger partial charge on any atom is -0.493 e. The van der Waals surface area contributed by atoms with E-state index in [1.807, 2.05) is 55.5 Å². The first-order valence-corrected chi connectivity index (χ1v) is 9.35. The molecule has 0 spiro atoms. The molecule has 0 radical (unpaired) electrons. The lowest BCUT2D eigenvalue weighted by Crippen LogP contribution is -2.37. The Morgan fingerprint density at radius 1 is 1.25 bits per heavy atom. The quantitative estimate of drug-likeness (QED) is 0.792. The van der Waals surface area contributed by atoms with Crippen molar-refractivity contribution in [3.8, 4) is 11.5 Å². The molecule has 6 heteroatoms. The highest BCUT2D eigenvalue weighted by atomic mass is 16.5. The summed E-state index contributed by atoms with van der Waals surface area (Å²) in [6, 6.07) is 15.5. The molecule has 0 aromatic heterocycles. The number of carboxylic acid groups (broad SMARTS) is 1. The zero-order valence-corrected chi connectivity index (χ0v) is 16.5. The van der Waals surface area contributed by atoms with Crippen molar-refractivity contribution in [3.05, 3.63) is 59.7 Å². The molecule has 1 fully saturated rings. The Kier molecular flexibility index (Phi) is 5.79. The Morgan fingerprint density at radius 3 is 2.57 bits per heavy atom. The molecule has 3 rings (SSSR count). The van der Waals surface area contributed by atoms with Crippen LogP contribution in [0.5, 0.6) is 11.5 Å². The van der Waals surface area contributed by atoms with Crippen molar-refractivity contribution < 1.29 is 24.5 Å². The number of carbonyl (C=O) groups is 1. The molecule has 1 saturated heterocycles. The lowest BCUT2D eigenvalue weighted by atomic mass is 9.72. The molecule has 2 N–H and O–H groups in total. The fourth-order valence-electron chi connectivity index (χ4n) is 3.83. The largest absolute Gasteiger partial charge is 0.493 e. The molecule has 28 heavy (non-hydrogen) atoms. The maximum absolute atomic E-state index is 11.5. The third kappa shape index (κ3) is 3.92. The highest BCUT2D eigenvalue weighted by molar-refractivity contribution is 5.66. The summed E-state index contributed by atoms with van der Waals surface area (Å²) in [4.78, 5) is 12.9. The maximum Gasteiger partial charge on any atom is 0.407 e. The van der Waals surface area contributed by atoms with E-state index in [4.69, 9.17) is 9.47 Å². The van der Waals surface area contributed by atoms with Crippen LogP contribution in [-0.4, -0.2) is 47.5 Å². The third-order valence-electron chi connectivity index (χ3n) is 5.78. The summed E-state index contributed by atoms with van der Waals surface area (Å²) in [6.45, 7) is 4.67. The molecular weight excluding hydrogens is 358 g/mol. The van der Waals surface area contributed by atoms with Crippen LogP contribution >= 0.6 is 0 Å². The smallest absolute Gasteiger partial charge is 0.407 e. The van der Waals surface area contributed by atoms with Gasteiger partial charge in [0.25, 0.3) is 0 Å². The number of amides is 1. The Hall–Kier alpha value is -2.73. The fraction of sp³-hybridized carbons (Fsp3) is 0.409. The molecule has 150 valence electrons. The van der Waals surface area contributed by atoms with Gasteiger partial charge in [-0.3, -0.25) is 0 Å². The van der Waals surface area contributed by atoms with E-state index in [9.17, 15) is 15.0 Å². The Morgan fingerprint density at radius 2 is 1.96 bits per heavy atom. The van der Waals surface area contributed by atoms with Gasteiger partial charge >= 0.3 is 6.09 Å². The van der Waals surface area contributed by atoms with Gasteiger partial charge in [0.15, 0.2) is 11.5 Å². The van der Waals surface area contributed by atoms with Gasteiger partial charge in [-0.15, -0.1) is 0 Å². The molecule has 2 aromatic rings. The first kappa shape index (κ1) is 20.0. The lowest BCUT2D eigenvalue weighted by Gasteiger charge is -2.33. The summed E-state index contributed by atoms with van der Waals surface area (Å²) in [7, 11) is 1.59. The fourth-order valence-corrected chi connectivity index (χ4v) is 3.83. The van der Waals surface area contributed by atoms with E-state index in [1.54, 1.807) is 14.0 Å². The lowest BCUT2D eigenvalue weighted by molar-refractivity contribution is 0.0481. The Balaban J connectivity index is 1.89. The van der Waals surface area contributed by atoms with Crippen molar-refractivity contribution in [2.75, 3.05) is 20.2 Å². The number of aliphatic hydroxyl groups excluding tert-OH is 1. The van der Waals surface area contributed by atoms with Gasteiger partial charge in [0.1, 0.15) is 6.61 Å². The van der Waals surface area contributed by atoms with E-state index in [2.05, 4.69) is 0 Å². The number of rotatable bonds is 6. The average Bonchev–Trinajstić information content (AvgIpc) is 3.06. The number of hydrogen-bond donors (Lipinski definition) is 2. The Labute approximate surface area is 165 Å². The zero-order chi connectivity index (χ0) is 20.3. The molecule has 1 amide bonds. The van der Waals surface area contributed by atoms with Gasteiger partial charge in [0.05, 0.1) is 13.2 Å². The normalized spacial score (nSPS) is 22.7. The first-order valence-electron chi connectivity index (χ1n) is 9.35. The van der Waals surface area contributed by atoms with Gasteiger partial charge in [0.2, 0.25) is 0 Å². The number of nitrogens with zero attached hydrogens (tertiary/aromatic N) is 1. The van der Waals surface area contributed by atoms with Crippen LogP contribution in [0.25, 0.3) is 0 Å². The predicted molar refractivity (Wildman–Crippen MR) is 106 cm³/mol. The number of benzene rings is 2. The van der Waals surface area contributed by atoms with Crippen LogP contribution in [0.4, 0.5) is 4.79 Å². The number of ether oxygens (including phenoxy) is 2. The molecule has 6 nitrogen and oxygen atoms in total. The molecule has 0 unspecified atom stereocenters. The van der Waals surface area contributed by atoms with Crippen molar-refractivity contribution in [2.24, 2.45) is 5.41 Å². The molecular formula is C22H27NO5. The van der Waals surface area contributed by atoms with E-state index in [1.165, 1.54) is 4.90 Å². The van der Waals surface area contributed by atoms with Gasteiger partial charge in [-0.05, 0) is 30.2 Å². The van der Waals surface area contributed by atoms with Crippen molar-refractivity contribution in [1.29, 1.82) is 0 Å². The molecule has 1 aliphatic rings. The van der Waals surface area contributed by atoms with Gasteiger partial charge < -0.3 is 24.6 Å². The summed E-state index contributed by atoms with van der Waals surface area (Å²) in [5.74, 6) is 1.07. The third-order valence-corrected chi connectivity index (χ3v) is 5.78. The molecule has 0 aliphatic carbocycles. The van der Waals surface area contributed by atoms with Crippen molar-refractivity contribution >= 4 is 6.09 Å². The molecule has 3 atom stereocenters. The van der Waals surface area contributed by atoms with Crippen LogP contribution in [0.1, 0.15) is 30.9 Å². The standard InChI is InChI=1S/C22H27NO5/c1-15(24)22(2)14-23(21(25)26)12-18(22)17-9-10-19(27-3)20(11-17)28-13-16-7-5-4-6-8-16/h4-11,15,18,24H,12-14H2,1-3H3,(H,25,26)/t15-,18+,22+/m1/s1. The maximum atomic E-state index is 11.5. The minimum atomic E-state index is -0.969. The summed E-state index contributed by atoms with van der Waals surface area (Å²) in [5.41, 5.74) is 1.39. The van der Waals surface area contributed by atoms with E-state index in [0.29, 0.717) is 24.7 Å². The summed E-state index contributed by atoms with van der Waals surface area (Å²) in [5, 5.41) is 19.8. The second kappa shape index (κ2) is 8.10. The number of aliphatic hydroxyl groups is 1. The highest BCUT2D eigenvalue weighted by Gasteiger charge is 2.48. The molecule has 1 heterocycles. The van der Waals surface area contributed by atoms with E-state index >= 15 is 0 Å². The van der Waals surface area contributed by atoms with Crippen LogP contribution < -0.4 is 9.47 Å². The Bertz CT molecular complexity index is 823. The highest BCUT2D eigenvalue weighted by Crippen LogP contribution is 2.46. The average molecular weight is 385 g/mol. The van der Waals surface area contributed by atoms with Crippen LogP contribution in [0.3, 0.4) is 0 Å². The van der Waals surface area contributed by atoms with Crippen LogP contribution in [0.15, 0.2) is 48.5 Å². The van der Waals surface area contributed by atoms with Crippen LogP contribution in [0, 0.1) is 5.41 Å². The van der Waals surface area contributed by atoms with Crippen molar-refractivity contribution in [3.63, 3.8) is 0 Å². The molecule has 0 bridgehead atoms. The number of hydrogen-bond acceptors (Lipinski definition) is 4. The second-order valence-corrected chi connectivity index (χ2v) is 7.58. The summed E-state index contributed by atoms with van der Waals surface area (Å²) in [6.07, 6.45) is -1.62. The zero-order valence-electron chi connectivity index (χ0n) is 16.5. The summed E-state index contributed by atoms with van der Waals surface area (Å²) < 4.78 is 11.4. The molecule has 2 aromatic carbocycles. The van der Waals surface area contributed by atoms with E-state index < -0.39 is 17.6 Å². The number of likely N-dealkylation sites (tertiary alicyclic amines) is 1. The summed E-state index contributed by atoms with van der Waals surface area (Å²) >= 11 is 0. The van der Waals surface area contributed by atoms with E-state index in [-0.39, 0.29) is 12.5 Å². The van der Waals surface area contributed by atoms with Gasteiger partial charge in [0, 0.05) is 24.4 Å². The van der Waals surface area contributed by atoms with Crippen molar-refractivity contribution in [1.82, 2.24) is 4.90 Å². The second-order valence-electron chi connectivity index (χ2n) is 7.58. The minimum absolute atomic E-state index is 0.145. The van der Waals surface area contributed by atoms with Gasteiger partial charge in [-0.1, -0.05) is 43.3 Å². The van der Waals surface area contributed by atoms with Crippen LogP contribution in [0.2, 0.25) is 0 Å². The predicted octanol–water partition coefficient (Wildman–Crippen LogP) is 3.74.